The smallest absolute Gasteiger partial charge is 0.00954 e. The predicted molar refractivity (Wildman–Crippen MR) is 78.9 cm³/mol. The first kappa shape index (κ1) is 14.3. The van der Waals surface area contributed by atoms with Crippen molar-refractivity contribution in [2.75, 3.05) is 26.2 Å². The molecule has 2 heterocycles. The summed E-state index contributed by atoms with van der Waals surface area (Å²) in [4.78, 5) is 2.83. The van der Waals surface area contributed by atoms with Crippen LogP contribution in [0.25, 0.3) is 0 Å². The first-order chi connectivity index (χ1) is 8.68. The molecule has 2 unspecified atom stereocenters. The Balaban J connectivity index is 2.00. The second-order valence-corrected chi connectivity index (χ2v) is 6.85. The SMILES string of the molecule is CCCC1CCCCN1CC1(C(C)C)CCNC1. The molecular formula is C16H32N2. The highest BCUT2D eigenvalue weighted by Gasteiger charge is 2.39. The van der Waals surface area contributed by atoms with Gasteiger partial charge < -0.3 is 5.32 Å². The highest BCUT2D eigenvalue weighted by Crippen LogP contribution is 2.37. The number of nitrogens with one attached hydrogen (secondary N) is 1. The Labute approximate surface area is 114 Å². The molecular weight excluding hydrogens is 220 g/mol. The zero-order chi connectivity index (χ0) is 13.0. The fourth-order valence-corrected chi connectivity index (χ4v) is 3.91. The van der Waals surface area contributed by atoms with Crippen LogP contribution in [0.15, 0.2) is 0 Å². The van der Waals surface area contributed by atoms with Gasteiger partial charge in [0.05, 0.1) is 0 Å². The van der Waals surface area contributed by atoms with Crippen LogP contribution in [-0.2, 0) is 0 Å². The number of likely N-dealkylation sites (tertiary alicyclic amines) is 1. The molecule has 0 aromatic heterocycles. The van der Waals surface area contributed by atoms with E-state index >= 15 is 0 Å². The fraction of sp³-hybridized carbons (Fsp3) is 1.00. The second kappa shape index (κ2) is 6.38. The van der Waals surface area contributed by atoms with Gasteiger partial charge in [0.15, 0.2) is 0 Å². The maximum Gasteiger partial charge on any atom is 0.00954 e. The molecule has 0 aliphatic carbocycles. The lowest BCUT2D eigenvalue weighted by Crippen LogP contribution is -2.48. The molecule has 2 atom stereocenters. The molecule has 2 saturated heterocycles. The van der Waals surface area contributed by atoms with Gasteiger partial charge in [0.25, 0.3) is 0 Å². The van der Waals surface area contributed by atoms with E-state index in [1.807, 2.05) is 0 Å². The summed E-state index contributed by atoms with van der Waals surface area (Å²) in [6.45, 7) is 12.3. The Morgan fingerprint density at radius 1 is 1.33 bits per heavy atom. The number of rotatable bonds is 5. The number of hydrogen-bond donors (Lipinski definition) is 1. The number of hydrogen-bond acceptors (Lipinski definition) is 2. The molecule has 106 valence electrons. The van der Waals surface area contributed by atoms with Crippen molar-refractivity contribution in [1.29, 1.82) is 0 Å². The van der Waals surface area contributed by atoms with Crippen molar-refractivity contribution in [2.24, 2.45) is 11.3 Å². The second-order valence-electron chi connectivity index (χ2n) is 6.85. The average molecular weight is 252 g/mol. The molecule has 0 aromatic rings. The third-order valence-corrected chi connectivity index (χ3v) is 5.39. The molecule has 2 aliphatic rings. The van der Waals surface area contributed by atoms with E-state index in [1.165, 1.54) is 64.7 Å². The van der Waals surface area contributed by atoms with E-state index in [4.69, 9.17) is 0 Å². The van der Waals surface area contributed by atoms with Crippen LogP contribution in [0.1, 0.15) is 59.3 Å². The van der Waals surface area contributed by atoms with Crippen LogP contribution in [-0.4, -0.2) is 37.1 Å². The molecule has 2 aliphatic heterocycles. The van der Waals surface area contributed by atoms with Crippen molar-refractivity contribution in [3.05, 3.63) is 0 Å². The van der Waals surface area contributed by atoms with Gasteiger partial charge in [-0.1, -0.05) is 33.6 Å². The van der Waals surface area contributed by atoms with Gasteiger partial charge in [0.2, 0.25) is 0 Å². The normalized spacial score (nSPS) is 34.3. The molecule has 2 nitrogen and oxygen atoms in total. The van der Waals surface area contributed by atoms with Crippen LogP contribution in [0.4, 0.5) is 0 Å². The van der Waals surface area contributed by atoms with Gasteiger partial charge in [0, 0.05) is 19.1 Å². The molecule has 0 radical (unpaired) electrons. The fourth-order valence-electron chi connectivity index (χ4n) is 3.91. The van der Waals surface area contributed by atoms with Crippen molar-refractivity contribution in [1.82, 2.24) is 10.2 Å². The summed E-state index contributed by atoms with van der Waals surface area (Å²) < 4.78 is 0. The highest BCUT2D eigenvalue weighted by atomic mass is 15.2. The largest absolute Gasteiger partial charge is 0.316 e. The third kappa shape index (κ3) is 3.08. The Bertz CT molecular complexity index is 241. The molecule has 0 bridgehead atoms. The van der Waals surface area contributed by atoms with E-state index in [1.54, 1.807) is 0 Å². The molecule has 0 amide bonds. The lowest BCUT2D eigenvalue weighted by atomic mass is 9.75. The van der Waals surface area contributed by atoms with Crippen molar-refractivity contribution < 1.29 is 0 Å². The van der Waals surface area contributed by atoms with Gasteiger partial charge in [-0.25, -0.2) is 0 Å². The van der Waals surface area contributed by atoms with Crippen molar-refractivity contribution in [3.8, 4) is 0 Å². The van der Waals surface area contributed by atoms with Crippen LogP contribution in [0, 0.1) is 11.3 Å². The molecule has 1 N–H and O–H groups in total. The average Bonchev–Trinajstić information content (AvgIpc) is 2.82. The summed E-state index contributed by atoms with van der Waals surface area (Å²) in [6, 6.07) is 0.875. The Morgan fingerprint density at radius 3 is 2.78 bits per heavy atom. The van der Waals surface area contributed by atoms with Gasteiger partial charge in [-0.15, -0.1) is 0 Å². The zero-order valence-electron chi connectivity index (χ0n) is 12.7. The van der Waals surface area contributed by atoms with Crippen LogP contribution in [0.3, 0.4) is 0 Å². The van der Waals surface area contributed by atoms with E-state index in [0.29, 0.717) is 5.41 Å². The Hall–Kier alpha value is -0.0800. The van der Waals surface area contributed by atoms with Gasteiger partial charge >= 0.3 is 0 Å². The standard InChI is InChI=1S/C16H32N2/c1-4-7-15-8-5-6-11-18(15)13-16(14(2)3)9-10-17-12-16/h14-15,17H,4-13H2,1-3H3. The lowest BCUT2D eigenvalue weighted by Gasteiger charge is -2.43. The van der Waals surface area contributed by atoms with E-state index < -0.39 is 0 Å². The lowest BCUT2D eigenvalue weighted by molar-refractivity contribution is 0.0589. The summed E-state index contributed by atoms with van der Waals surface area (Å²) in [7, 11) is 0. The van der Waals surface area contributed by atoms with Crippen molar-refractivity contribution in [2.45, 2.75) is 65.3 Å². The maximum absolute atomic E-state index is 3.60. The summed E-state index contributed by atoms with van der Waals surface area (Å²) in [6.07, 6.45) is 8.43. The topological polar surface area (TPSA) is 15.3 Å². The first-order valence-electron chi connectivity index (χ1n) is 8.13. The minimum atomic E-state index is 0.545. The molecule has 18 heavy (non-hydrogen) atoms. The van der Waals surface area contributed by atoms with Crippen molar-refractivity contribution >= 4 is 0 Å². The van der Waals surface area contributed by atoms with E-state index in [9.17, 15) is 0 Å². The monoisotopic (exact) mass is 252 g/mol. The molecule has 2 heteroatoms. The van der Waals surface area contributed by atoms with E-state index in [2.05, 4.69) is 31.0 Å². The molecule has 0 aromatic carbocycles. The third-order valence-electron chi connectivity index (χ3n) is 5.39. The van der Waals surface area contributed by atoms with Crippen LogP contribution >= 0.6 is 0 Å². The van der Waals surface area contributed by atoms with Gasteiger partial charge in [-0.05, 0) is 50.1 Å². The van der Waals surface area contributed by atoms with Crippen LogP contribution in [0.2, 0.25) is 0 Å². The quantitative estimate of drug-likeness (QED) is 0.808. The predicted octanol–water partition coefficient (Wildman–Crippen LogP) is 3.28. The van der Waals surface area contributed by atoms with Crippen LogP contribution in [0.5, 0.6) is 0 Å². The molecule has 0 saturated carbocycles. The van der Waals surface area contributed by atoms with Crippen molar-refractivity contribution in [3.63, 3.8) is 0 Å². The number of nitrogens with zero attached hydrogens (tertiary/aromatic N) is 1. The summed E-state index contributed by atoms with van der Waals surface area (Å²) in [5.41, 5.74) is 0.545. The van der Waals surface area contributed by atoms with Gasteiger partial charge in [-0.2, -0.15) is 0 Å². The zero-order valence-corrected chi connectivity index (χ0v) is 12.7. The van der Waals surface area contributed by atoms with Gasteiger partial charge in [-0.3, -0.25) is 4.90 Å². The Kier molecular flexibility index (Phi) is 5.08. The Morgan fingerprint density at radius 2 is 2.17 bits per heavy atom. The van der Waals surface area contributed by atoms with E-state index in [-0.39, 0.29) is 0 Å². The maximum atomic E-state index is 3.60. The minimum Gasteiger partial charge on any atom is -0.316 e. The number of piperidine rings is 1. The molecule has 2 rings (SSSR count). The summed E-state index contributed by atoms with van der Waals surface area (Å²) in [5.74, 6) is 0.803. The molecule has 0 spiro atoms. The van der Waals surface area contributed by atoms with Crippen LogP contribution < -0.4 is 5.32 Å². The molecule has 2 fully saturated rings. The summed E-state index contributed by atoms with van der Waals surface area (Å²) >= 11 is 0. The summed E-state index contributed by atoms with van der Waals surface area (Å²) in [5, 5.41) is 3.60. The highest BCUT2D eigenvalue weighted by molar-refractivity contribution is 4.94. The minimum absolute atomic E-state index is 0.545. The van der Waals surface area contributed by atoms with Gasteiger partial charge in [0.1, 0.15) is 0 Å². The first-order valence-corrected chi connectivity index (χ1v) is 8.13. The van der Waals surface area contributed by atoms with E-state index in [0.717, 1.165) is 12.0 Å².